The average Bonchev–Trinajstić information content (AvgIpc) is 2.66. The predicted octanol–water partition coefficient (Wildman–Crippen LogP) is 0.923. The third kappa shape index (κ3) is 4.64. The largest absolute Gasteiger partial charge is 0.355 e. The summed E-state index contributed by atoms with van der Waals surface area (Å²) in [5.41, 5.74) is 2.30. The molecule has 26 heavy (non-hydrogen) atoms. The highest BCUT2D eigenvalue weighted by molar-refractivity contribution is 5.91. The second-order valence-corrected chi connectivity index (χ2v) is 6.17. The Morgan fingerprint density at radius 2 is 1.88 bits per heavy atom. The molecule has 0 saturated carbocycles. The molecule has 0 aliphatic carbocycles. The molecule has 2 aromatic rings. The molecular weight excluding hydrogens is 330 g/mol. The Morgan fingerprint density at radius 1 is 1.15 bits per heavy atom. The fourth-order valence-corrected chi connectivity index (χ4v) is 2.90. The van der Waals surface area contributed by atoms with Crippen LogP contribution in [0.1, 0.15) is 12.6 Å². The summed E-state index contributed by atoms with van der Waals surface area (Å²) >= 11 is 0. The molecule has 0 spiro atoms. The minimum Gasteiger partial charge on any atom is -0.355 e. The van der Waals surface area contributed by atoms with Gasteiger partial charge in [-0.1, -0.05) is 12.1 Å². The molecule has 7 nitrogen and oxygen atoms in total. The smallest absolute Gasteiger partial charge is 0.246 e. The predicted molar refractivity (Wildman–Crippen MR) is 100 cm³/mol. The van der Waals surface area contributed by atoms with E-state index in [4.69, 9.17) is 0 Å². The summed E-state index contributed by atoms with van der Waals surface area (Å²) in [6.07, 6.45) is 4.90. The summed E-state index contributed by atoms with van der Waals surface area (Å²) in [6.45, 7) is 5.57. The lowest BCUT2D eigenvalue weighted by Crippen LogP contribution is -2.50. The molecule has 3 rings (SSSR count). The number of hydrogen-bond acceptors (Lipinski definition) is 5. The van der Waals surface area contributed by atoms with Crippen LogP contribution in [-0.2, 0) is 9.59 Å². The van der Waals surface area contributed by atoms with E-state index >= 15 is 0 Å². The van der Waals surface area contributed by atoms with Crippen molar-refractivity contribution in [3.63, 3.8) is 0 Å². The number of benzene rings is 1. The normalized spacial score (nSPS) is 15.5. The van der Waals surface area contributed by atoms with E-state index in [1.807, 2.05) is 31.2 Å². The van der Waals surface area contributed by atoms with Gasteiger partial charge in [-0.2, -0.15) is 0 Å². The lowest BCUT2D eigenvalue weighted by molar-refractivity contribution is -0.128. The summed E-state index contributed by atoms with van der Waals surface area (Å²) < 4.78 is 0. The van der Waals surface area contributed by atoms with Crippen molar-refractivity contribution in [3.05, 3.63) is 42.2 Å². The van der Waals surface area contributed by atoms with Crippen molar-refractivity contribution in [2.75, 3.05) is 39.3 Å². The molecule has 0 unspecified atom stereocenters. The molecule has 1 saturated heterocycles. The van der Waals surface area contributed by atoms with Gasteiger partial charge in [-0.25, -0.2) is 4.98 Å². The number of fused-ring (bicyclic) bond motifs is 1. The fraction of sp³-hybridized carbons (Fsp3) is 0.368. The highest BCUT2D eigenvalue weighted by atomic mass is 16.2. The maximum atomic E-state index is 12.4. The SMILES string of the molecule is CCNC(=O)CN1CCN(C(=O)/C=C/c2cnc3ccccc3n2)CC1. The van der Waals surface area contributed by atoms with Crippen molar-refractivity contribution >= 4 is 28.9 Å². The molecule has 7 heteroatoms. The van der Waals surface area contributed by atoms with Crippen LogP contribution < -0.4 is 5.32 Å². The van der Waals surface area contributed by atoms with Crippen molar-refractivity contribution in [2.45, 2.75) is 6.92 Å². The van der Waals surface area contributed by atoms with Crippen molar-refractivity contribution < 1.29 is 9.59 Å². The minimum absolute atomic E-state index is 0.0297. The number of piperazine rings is 1. The molecule has 0 bridgehead atoms. The Balaban J connectivity index is 1.53. The molecule has 2 heterocycles. The van der Waals surface area contributed by atoms with Crippen LogP contribution in [0.3, 0.4) is 0 Å². The zero-order chi connectivity index (χ0) is 18.4. The number of nitrogens with zero attached hydrogens (tertiary/aromatic N) is 4. The second-order valence-electron chi connectivity index (χ2n) is 6.17. The first-order valence-corrected chi connectivity index (χ1v) is 8.83. The topological polar surface area (TPSA) is 78.4 Å². The monoisotopic (exact) mass is 353 g/mol. The van der Waals surface area contributed by atoms with Gasteiger partial charge in [0, 0.05) is 38.8 Å². The summed E-state index contributed by atoms with van der Waals surface area (Å²) in [7, 11) is 0. The molecule has 1 aliphatic heterocycles. The van der Waals surface area contributed by atoms with Gasteiger partial charge in [0.25, 0.3) is 0 Å². The fourth-order valence-electron chi connectivity index (χ4n) is 2.90. The number of hydrogen-bond donors (Lipinski definition) is 1. The molecule has 0 radical (unpaired) electrons. The molecule has 1 N–H and O–H groups in total. The Hall–Kier alpha value is -2.80. The van der Waals surface area contributed by atoms with Crippen LogP contribution in [0, 0.1) is 0 Å². The lowest BCUT2D eigenvalue weighted by Gasteiger charge is -2.33. The second kappa shape index (κ2) is 8.53. The van der Waals surface area contributed by atoms with Gasteiger partial charge in [0.1, 0.15) is 0 Å². The third-order valence-electron chi connectivity index (χ3n) is 4.29. The van der Waals surface area contributed by atoms with Gasteiger partial charge in [0.05, 0.1) is 29.5 Å². The Morgan fingerprint density at radius 3 is 2.62 bits per heavy atom. The van der Waals surface area contributed by atoms with Crippen LogP contribution in [0.2, 0.25) is 0 Å². The van der Waals surface area contributed by atoms with Crippen LogP contribution in [0.4, 0.5) is 0 Å². The van der Waals surface area contributed by atoms with E-state index in [0.29, 0.717) is 45.0 Å². The van der Waals surface area contributed by atoms with E-state index in [9.17, 15) is 9.59 Å². The molecule has 0 atom stereocenters. The van der Waals surface area contributed by atoms with E-state index < -0.39 is 0 Å². The molecular formula is C19H23N5O2. The number of amides is 2. The quantitative estimate of drug-likeness (QED) is 0.809. The van der Waals surface area contributed by atoms with Gasteiger partial charge < -0.3 is 10.2 Å². The molecule has 1 aliphatic rings. The number of rotatable bonds is 5. The Labute approximate surface area is 152 Å². The number of para-hydroxylation sites is 2. The highest BCUT2D eigenvalue weighted by Crippen LogP contribution is 2.10. The van der Waals surface area contributed by atoms with E-state index in [1.165, 1.54) is 6.08 Å². The molecule has 136 valence electrons. The number of carbonyl (C=O) groups excluding carboxylic acids is 2. The minimum atomic E-state index is -0.0439. The number of nitrogens with one attached hydrogen (secondary N) is 1. The van der Waals surface area contributed by atoms with Crippen molar-refractivity contribution in [1.29, 1.82) is 0 Å². The van der Waals surface area contributed by atoms with Crippen molar-refractivity contribution in [3.8, 4) is 0 Å². The molecule has 1 aromatic heterocycles. The maximum Gasteiger partial charge on any atom is 0.246 e. The first-order valence-electron chi connectivity index (χ1n) is 8.83. The van der Waals surface area contributed by atoms with Gasteiger partial charge in [-0.05, 0) is 25.1 Å². The summed E-state index contributed by atoms with van der Waals surface area (Å²) in [5.74, 6) is -0.0142. The molecule has 1 aromatic carbocycles. The van der Waals surface area contributed by atoms with Crippen LogP contribution in [0.25, 0.3) is 17.1 Å². The lowest BCUT2D eigenvalue weighted by atomic mass is 10.2. The molecule has 2 amide bonds. The zero-order valence-electron chi connectivity index (χ0n) is 14.9. The van der Waals surface area contributed by atoms with E-state index in [1.54, 1.807) is 17.2 Å². The van der Waals surface area contributed by atoms with E-state index in [2.05, 4.69) is 20.2 Å². The van der Waals surface area contributed by atoms with Crippen molar-refractivity contribution in [2.24, 2.45) is 0 Å². The number of aromatic nitrogens is 2. The highest BCUT2D eigenvalue weighted by Gasteiger charge is 2.20. The third-order valence-corrected chi connectivity index (χ3v) is 4.29. The number of carbonyl (C=O) groups is 2. The van der Waals surface area contributed by atoms with Gasteiger partial charge in [0.2, 0.25) is 11.8 Å². The van der Waals surface area contributed by atoms with Crippen LogP contribution in [0.5, 0.6) is 0 Å². The first kappa shape index (κ1) is 18.0. The zero-order valence-corrected chi connectivity index (χ0v) is 14.9. The van der Waals surface area contributed by atoms with Crippen LogP contribution >= 0.6 is 0 Å². The van der Waals surface area contributed by atoms with E-state index in [0.717, 1.165) is 11.0 Å². The maximum absolute atomic E-state index is 12.4. The summed E-state index contributed by atoms with van der Waals surface area (Å²) in [4.78, 5) is 36.7. The molecule has 1 fully saturated rings. The number of likely N-dealkylation sites (N-methyl/N-ethyl adjacent to an activating group) is 1. The van der Waals surface area contributed by atoms with Gasteiger partial charge >= 0.3 is 0 Å². The Kier molecular flexibility index (Phi) is 5.91. The Bertz CT molecular complexity index is 812. The van der Waals surface area contributed by atoms with Crippen LogP contribution in [0.15, 0.2) is 36.5 Å². The first-order chi connectivity index (χ1) is 12.7. The summed E-state index contributed by atoms with van der Waals surface area (Å²) in [5, 5.41) is 2.79. The van der Waals surface area contributed by atoms with Gasteiger partial charge in [0.15, 0.2) is 0 Å². The average molecular weight is 353 g/mol. The standard InChI is InChI=1S/C19H23N5O2/c1-2-20-18(25)14-23-9-11-24(12-10-23)19(26)8-7-15-13-21-16-5-3-4-6-17(16)22-15/h3-8,13H,2,9-12,14H2,1H3,(H,20,25)/b8-7+. The van der Waals surface area contributed by atoms with Gasteiger partial charge in [-0.3, -0.25) is 19.5 Å². The van der Waals surface area contributed by atoms with Crippen molar-refractivity contribution in [1.82, 2.24) is 25.1 Å². The van der Waals surface area contributed by atoms with Crippen LogP contribution in [-0.4, -0.2) is 70.9 Å². The van der Waals surface area contributed by atoms with Gasteiger partial charge in [-0.15, -0.1) is 0 Å². The summed E-state index contributed by atoms with van der Waals surface area (Å²) in [6, 6.07) is 7.63. The van der Waals surface area contributed by atoms with E-state index in [-0.39, 0.29) is 11.8 Å².